The molecule has 1 aliphatic heterocycles. The summed E-state index contributed by atoms with van der Waals surface area (Å²) in [6.07, 6.45) is 1.56. The third-order valence-corrected chi connectivity index (χ3v) is 5.15. The molecule has 1 saturated heterocycles. The van der Waals surface area contributed by atoms with Crippen molar-refractivity contribution >= 4 is 18.3 Å². The Balaban J connectivity index is 0.00000300. The van der Waals surface area contributed by atoms with Gasteiger partial charge in [-0.2, -0.15) is 0 Å². The zero-order chi connectivity index (χ0) is 20.1. The normalized spacial score (nSPS) is 20.8. The number of benzene rings is 2. The highest BCUT2D eigenvalue weighted by Crippen LogP contribution is 2.35. The van der Waals surface area contributed by atoms with Crippen molar-refractivity contribution in [2.45, 2.75) is 31.0 Å². The Morgan fingerprint density at radius 2 is 1.90 bits per heavy atom. The van der Waals surface area contributed by atoms with E-state index in [1.165, 1.54) is 6.07 Å². The molecule has 7 heteroatoms. The lowest BCUT2D eigenvalue weighted by atomic mass is 9.96. The molecule has 0 saturated carbocycles. The summed E-state index contributed by atoms with van der Waals surface area (Å²) < 4.78 is 24.7. The van der Waals surface area contributed by atoms with Gasteiger partial charge in [-0.05, 0) is 36.6 Å². The van der Waals surface area contributed by atoms with E-state index in [1.54, 1.807) is 44.3 Å². The van der Waals surface area contributed by atoms with Gasteiger partial charge in [-0.1, -0.05) is 30.3 Å². The van der Waals surface area contributed by atoms with Crippen LogP contribution in [0.2, 0.25) is 0 Å². The molecule has 29 heavy (non-hydrogen) atoms. The van der Waals surface area contributed by atoms with Crippen molar-refractivity contribution in [2.24, 2.45) is 0 Å². The fourth-order valence-corrected chi connectivity index (χ4v) is 3.71. The van der Waals surface area contributed by atoms with Gasteiger partial charge in [-0.25, -0.2) is 4.39 Å². The second kappa shape index (κ2) is 10.1. The molecule has 0 aromatic heterocycles. The van der Waals surface area contributed by atoms with Crippen LogP contribution >= 0.6 is 12.4 Å². The van der Waals surface area contributed by atoms with Gasteiger partial charge in [-0.3, -0.25) is 10.1 Å². The minimum atomic E-state index is -0.692. The molecule has 1 amide bonds. The molecule has 0 unspecified atom stereocenters. The highest BCUT2D eigenvalue weighted by atomic mass is 35.5. The van der Waals surface area contributed by atoms with Crippen molar-refractivity contribution in [3.8, 4) is 5.75 Å². The van der Waals surface area contributed by atoms with E-state index in [9.17, 15) is 9.18 Å². The quantitative estimate of drug-likeness (QED) is 0.738. The lowest BCUT2D eigenvalue weighted by Gasteiger charge is -2.31. The maximum absolute atomic E-state index is 13.7. The third-order valence-electron chi connectivity index (χ3n) is 5.15. The average Bonchev–Trinajstić information content (AvgIpc) is 3.12. The number of ether oxygens (including phenoxy) is 2. The molecule has 1 heterocycles. The highest BCUT2D eigenvalue weighted by Gasteiger charge is 2.46. The van der Waals surface area contributed by atoms with Crippen LogP contribution in [0.5, 0.6) is 5.75 Å². The largest absolute Gasteiger partial charge is 0.489 e. The number of halogens is 2. The monoisotopic (exact) mass is 422 g/mol. The van der Waals surface area contributed by atoms with Crippen LogP contribution in [0.4, 0.5) is 4.39 Å². The molecule has 2 atom stereocenters. The molecule has 2 aromatic carbocycles. The maximum atomic E-state index is 13.7. The fourth-order valence-electron chi connectivity index (χ4n) is 3.71. The Kier molecular flexibility index (Phi) is 8.02. The van der Waals surface area contributed by atoms with E-state index in [4.69, 9.17) is 9.47 Å². The van der Waals surface area contributed by atoms with Crippen LogP contribution in [-0.2, 0) is 16.1 Å². The Labute approximate surface area is 177 Å². The van der Waals surface area contributed by atoms with E-state index in [2.05, 4.69) is 5.32 Å². The van der Waals surface area contributed by atoms with Gasteiger partial charge in [0.25, 0.3) is 0 Å². The first-order valence-electron chi connectivity index (χ1n) is 9.40. The number of carbonyl (C=O) groups excluding carboxylic acids is 1. The van der Waals surface area contributed by atoms with Crippen molar-refractivity contribution in [3.05, 3.63) is 65.5 Å². The van der Waals surface area contributed by atoms with E-state index in [-0.39, 0.29) is 36.8 Å². The van der Waals surface area contributed by atoms with Gasteiger partial charge >= 0.3 is 0 Å². The molecule has 1 fully saturated rings. The number of nitrogens with zero attached hydrogens (tertiary/aromatic N) is 1. The van der Waals surface area contributed by atoms with Crippen LogP contribution < -0.4 is 10.1 Å². The first-order valence-corrected chi connectivity index (χ1v) is 9.40. The molecule has 0 spiro atoms. The standard InChI is InChI=1S/C22H27FN2O3.ClH/c1-25(2)21(26)22(15-27-3)13-12-20(24-22)16-8-10-18(11-9-16)28-14-17-6-4-5-7-19(17)23;/h4-11,20,24H,12-15H2,1-3H3;1H/t20-,22-;/m1./s1. The van der Waals surface area contributed by atoms with Gasteiger partial charge < -0.3 is 14.4 Å². The predicted octanol–water partition coefficient (Wildman–Crippen LogP) is 3.72. The summed E-state index contributed by atoms with van der Waals surface area (Å²) in [6.45, 7) is 0.520. The average molecular weight is 423 g/mol. The second-order valence-corrected chi connectivity index (χ2v) is 7.40. The fraction of sp³-hybridized carbons (Fsp3) is 0.409. The van der Waals surface area contributed by atoms with E-state index < -0.39 is 5.54 Å². The van der Waals surface area contributed by atoms with E-state index >= 15 is 0 Å². The minimum absolute atomic E-state index is 0. The first kappa shape index (κ1) is 23.1. The van der Waals surface area contributed by atoms with Crippen molar-refractivity contribution in [3.63, 3.8) is 0 Å². The molecule has 0 bridgehead atoms. The van der Waals surface area contributed by atoms with E-state index in [0.717, 1.165) is 12.0 Å². The van der Waals surface area contributed by atoms with Gasteiger partial charge in [0.1, 0.15) is 23.7 Å². The molecular formula is C22H28ClFN2O3. The van der Waals surface area contributed by atoms with Crippen molar-refractivity contribution in [1.82, 2.24) is 10.2 Å². The summed E-state index contributed by atoms with van der Waals surface area (Å²) in [4.78, 5) is 14.3. The Morgan fingerprint density at radius 3 is 2.52 bits per heavy atom. The maximum Gasteiger partial charge on any atom is 0.244 e. The number of methoxy groups -OCH3 is 1. The van der Waals surface area contributed by atoms with E-state index in [1.807, 2.05) is 24.3 Å². The topological polar surface area (TPSA) is 50.8 Å². The molecule has 3 rings (SSSR count). The number of hydrogen-bond acceptors (Lipinski definition) is 4. The van der Waals surface area contributed by atoms with Crippen LogP contribution in [-0.4, -0.2) is 44.2 Å². The van der Waals surface area contributed by atoms with Gasteiger partial charge in [-0.15, -0.1) is 12.4 Å². The predicted molar refractivity (Wildman–Crippen MR) is 113 cm³/mol. The number of rotatable bonds is 7. The Hall–Kier alpha value is -2.15. The highest BCUT2D eigenvalue weighted by molar-refractivity contribution is 5.86. The van der Waals surface area contributed by atoms with Crippen LogP contribution in [0, 0.1) is 5.82 Å². The molecule has 0 aliphatic carbocycles. The summed E-state index contributed by atoms with van der Waals surface area (Å²) >= 11 is 0. The molecular weight excluding hydrogens is 395 g/mol. The second-order valence-electron chi connectivity index (χ2n) is 7.40. The van der Waals surface area contributed by atoms with Crippen LogP contribution in [0.3, 0.4) is 0 Å². The Morgan fingerprint density at radius 1 is 1.21 bits per heavy atom. The summed E-state index contributed by atoms with van der Waals surface area (Å²) in [5.74, 6) is 0.438. The van der Waals surface area contributed by atoms with Crippen molar-refractivity contribution in [1.29, 1.82) is 0 Å². The van der Waals surface area contributed by atoms with Crippen LogP contribution in [0.1, 0.15) is 30.0 Å². The Bertz CT molecular complexity index is 816. The number of carbonyl (C=O) groups is 1. The molecule has 0 radical (unpaired) electrons. The zero-order valence-corrected chi connectivity index (χ0v) is 17.8. The summed E-state index contributed by atoms with van der Waals surface area (Å²) in [5, 5.41) is 3.48. The smallest absolute Gasteiger partial charge is 0.244 e. The van der Waals surface area contributed by atoms with Gasteiger partial charge in [0.05, 0.1) is 6.61 Å². The minimum Gasteiger partial charge on any atom is -0.489 e. The number of amides is 1. The SMILES string of the molecule is COC[C@@]1(C(=O)N(C)C)CC[C@H](c2ccc(OCc3ccccc3F)cc2)N1.Cl. The summed E-state index contributed by atoms with van der Waals surface area (Å²) in [5.41, 5.74) is 0.918. The zero-order valence-electron chi connectivity index (χ0n) is 17.0. The molecule has 2 aromatic rings. The van der Waals surface area contributed by atoms with Crippen LogP contribution in [0.15, 0.2) is 48.5 Å². The third kappa shape index (κ3) is 5.26. The van der Waals surface area contributed by atoms with Crippen molar-refractivity contribution in [2.75, 3.05) is 27.8 Å². The molecule has 5 nitrogen and oxygen atoms in total. The first-order chi connectivity index (χ1) is 13.4. The van der Waals surface area contributed by atoms with Crippen molar-refractivity contribution < 1.29 is 18.7 Å². The molecule has 1 N–H and O–H groups in total. The van der Waals surface area contributed by atoms with Crippen LogP contribution in [0.25, 0.3) is 0 Å². The molecule has 1 aliphatic rings. The number of likely N-dealkylation sites (N-methyl/N-ethyl adjacent to an activating group) is 1. The summed E-state index contributed by atoms with van der Waals surface area (Å²) in [6, 6.07) is 14.4. The summed E-state index contributed by atoms with van der Waals surface area (Å²) in [7, 11) is 5.13. The lowest BCUT2D eigenvalue weighted by molar-refractivity contribution is -0.137. The lowest BCUT2D eigenvalue weighted by Crippen LogP contribution is -2.56. The van der Waals surface area contributed by atoms with Gasteiger partial charge in [0.2, 0.25) is 5.91 Å². The van der Waals surface area contributed by atoms with E-state index in [0.29, 0.717) is 24.3 Å². The number of hydrogen-bond donors (Lipinski definition) is 1. The number of nitrogens with one attached hydrogen (secondary N) is 1. The van der Waals surface area contributed by atoms with Gasteiger partial charge in [0.15, 0.2) is 0 Å². The molecule has 158 valence electrons. The van der Waals surface area contributed by atoms with Gasteiger partial charge in [0, 0.05) is 32.8 Å².